The highest BCUT2D eigenvalue weighted by Gasteiger charge is 2.08. The smallest absolute Gasteiger partial charge is 0.258 e. The molecule has 2 rings (SSSR count). The summed E-state index contributed by atoms with van der Waals surface area (Å²) in [6, 6.07) is 12.9. The van der Waals surface area contributed by atoms with Crippen LogP contribution in [0.4, 0.5) is 5.69 Å². The second-order valence-corrected chi connectivity index (χ2v) is 4.49. The molecule has 3 nitrogen and oxygen atoms in total. The summed E-state index contributed by atoms with van der Waals surface area (Å²) in [7, 11) is 0. The molecule has 0 unspecified atom stereocenters. The van der Waals surface area contributed by atoms with Crippen LogP contribution in [0.5, 0.6) is 0 Å². The summed E-state index contributed by atoms with van der Waals surface area (Å²) in [5, 5.41) is 10.9. The monoisotopic (exact) mass is 253 g/mol. The van der Waals surface area contributed by atoms with Crippen LogP contribution in [0.25, 0.3) is 12.2 Å². The molecule has 96 valence electrons. The Hall–Kier alpha value is -2.42. The number of nitro benzene ring substituents is 1. The minimum absolute atomic E-state index is 0.127. The lowest BCUT2D eigenvalue weighted by Gasteiger charge is -2.01. The fraction of sp³-hybridized carbons (Fsp3) is 0.125. The van der Waals surface area contributed by atoms with Gasteiger partial charge in [0.25, 0.3) is 5.69 Å². The van der Waals surface area contributed by atoms with Gasteiger partial charge in [0.2, 0.25) is 0 Å². The van der Waals surface area contributed by atoms with E-state index in [0.29, 0.717) is 5.56 Å². The highest BCUT2D eigenvalue weighted by molar-refractivity contribution is 5.74. The Morgan fingerprint density at radius 3 is 2.42 bits per heavy atom. The summed E-state index contributed by atoms with van der Waals surface area (Å²) in [5.74, 6) is 0. The summed E-state index contributed by atoms with van der Waals surface area (Å²) in [6.45, 7) is 4.11. The lowest BCUT2D eigenvalue weighted by Crippen LogP contribution is -1.90. The van der Waals surface area contributed by atoms with Gasteiger partial charge in [-0.05, 0) is 42.7 Å². The van der Waals surface area contributed by atoms with Crippen LogP contribution in [-0.2, 0) is 0 Å². The van der Waals surface area contributed by atoms with E-state index < -0.39 is 0 Å². The third-order valence-electron chi connectivity index (χ3n) is 3.12. The molecule has 0 aromatic heterocycles. The lowest BCUT2D eigenvalue weighted by atomic mass is 10.0. The van der Waals surface area contributed by atoms with Gasteiger partial charge in [0.05, 0.1) is 10.5 Å². The van der Waals surface area contributed by atoms with Gasteiger partial charge in [-0.2, -0.15) is 0 Å². The average Bonchev–Trinajstić information content (AvgIpc) is 2.40. The Morgan fingerprint density at radius 1 is 1.00 bits per heavy atom. The van der Waals surface area contributed by atoms with E-state index in [1.54, 1.807) is 24.3 Å². The van der Waals surface area contributed by atoms with Crippen LogP contribution >= 0.6 is 0 Å². The maximum atomic E-state index is 10.9. The molecule has 0 fully saturated rings. The second-order valence-electron chi connectivity index (χ2n) is 4.49. The van der Waals surface area contributed by atoms with Gasteiger partial charge in [-0.15, -0.1) is 0 Å². The third-order valence-corrected chi connectivity index (χ3v) is 3.12. The molecule has 0 aliphatic heterocycles. The molecule has 0 atom stereocenters. The van der Waals surface area contributed by atoms with E-state index in [0.717, 1.165) is 5.56 Å². The fourth-order valence-corrected chi connectivity index (χ4v) is 1.85. The van der Waals surface area contributed by atoms with Gasteiger partial charge < -0.3 is 0 Å². The number of para-hydroxylation sites is 1. The van der Waals surface area contributed by atoms with Crippen LogP contribution in [0.2, 0.25) is 0 Å². The summed E-state index contributed by atoms with van der Waals surface area (Å²) < 4.78 is 0. The Kier molecular flexibility index (Phi) is 3.76. The van der Waals surface area contributed by atoms with Crippen LogP contribution < -0.4 is 0 Å². The first kappa shape index (κ1) is 13.0. The first-order valence-electron chi connectivity index (χ1n) is 6.06. The van der Waals surface area contributed by atoms with Crippen molar-refractivity contribution in [2.24, 2.45) is 0 Å². The summed E-state index contributed by atoms with van der Waals surface area (Å²) in [4.78, 5) is 10.5. The predicted molar refractivity (Wildman–Crippen MR) is 77.9 cm³/mol. The molecule has 0 spiro atoms. The molecule has 0 saturated heterocycles. The normalized spacial score (nSPS) is 10.8. The van der Waals surface area contributed by atoms with Crippen LogP contribution in [-0.4, -0.2) is 4.92 Å². The number of nitro groups is 1. The molecule has 19 heavy (non-hydrogen) atoms. The van der Waals surface area contributed by atoms with Gasteiger partial charge in [0, 0.05) is 6.07 Å². The Bertz CT molecular complexity index is 645. The maximum Gasteiger partial charge on any atom is 0.276 e. The van der Waals surface area contributed by atoms with Gasteiger partial charge in [0.1, 0.15) is 0 Å². The molecule has 3 heteroatoms. The molecule has 2 aromatic carbocycles. The van der Waals surface area contributed by atoms with Crippen LogP contribution in [0.3, 0.4) is 0 Å². The number of benzene rings is 2. The molecule has 2 aromatic rings. The van der Waals surface area contributed by atoms with E-state index in [1.807, 2.05) is 12.1 Å². The van der Waals surface area contributed by atoms with E-state index in [9.17, 15) is 10.1 Å². The van der Waals surface area contributed by atoms with Crippen molar-refractivity contribution in [2.45, 2.75) is 13.8 Å². The quantitative estimate of drug-likeness (QED) is 0.462. The predicted octanol–water partition coefficient (Wildman–Crippen LogP) is 4.38. The molecular weight excluding hydrogens is 238 g/mol. The van der Waals surface area contributed by atoms with E-state index in [2.05, 4.69) is 26.0 Å². The summed E-state index contributed by atoms with van der Waals surface area (Å²) >= 11 is 0. The highest BCUT2D eigenvalue weighted by Crippen LogP contribution is 2.20. The van der Waals surface area contributed by atoms with Gasteiger partial charge >= 0.3 is 0 Å². The topological polar surface area (TPSA) is 43.1 Å². The molecule has 0 N–H and O–H groups in total. The third kappa shape index (κ3) is 3.07. The van der Waals surface area contributed by atoms with Crippen molar-refractivity contribution in [1.29, 1.82) is 0 Å². The van der Waals surface area contributed by atoms with Gasteiger partial charge in [-0.25, -0.2) is 0 Å². The standard InChI is InChI=1S/C16H15NO2/c1-12-7-8-14(11-13(12)2)9-10-15-5-3-4-6-16(15)17(18)19/h3-11H,1-2H3/b10-9+. The minimum atomic E-state index is -0.361. The zero-order valence-corrected chi connectivity index (χ0v) is 11.0. The number of hydrogen-bond donors (Lipinski definition) is 0. The van der Waals surface area contributed by atoms with Crippen LogP contribution in [0, 0.1) is 24.0 Å². The Morgan fingerprint density at radius 2 is 1.74 bits per heavy atom. The van der Waals surface area contributed by atoms with Gasteiger partial charge in [-0.1, -0.05) is 36.4 Å². The van der Waals surface area contributed by atoms with Crippen molar-refractivity contribution < 1.29 is 4.92 Å². The molecule has 0 saturated carbocycles. The van der Waals surface area contributed by atoms with E-state index >= 15 is 0 Å². The number of hydrogen-bond acceptors (Lipinski definition) is 2. The minimum Gasteiger partial charge on any atom is -0.258 e. The lowest BCUT2D eigenvalue weighted by molar-refractivity contribution is -0.385. The first-order chi connectivity index (χ1) is 9.08. The molecule has 0 aliphatic carbocycles. The van der Waals surface area contributed by atoms with E-state index in [-0.39, 0.29) is 10.6 Å². The van der Waals surface area contributed by atoms with Crippen molar-refractivity contribution in [3.8, 4) is 0 Å². The van der Waals surface area contributed by atoms with Crippen molar-refractivity contribution in [1.82, 2.24) is 0 Å². The van der Waals surface area contributed by atoms with E-state index in [1.165, 1.54) is 17.2 Å². The Labute approximate surface area is 112 Å². The van der Waals surface area contributed by atoms with Crippen LogP contribution in [0.1, 0.15) is 22.3 Å². The second kappa shape index (κ2) is 5.48. The molecule has 0 radical (unpaired) electrons. The summed E-state index contributed by atoms with van der Waals surface area (Å²) in [6.07, 6.45) is 3.68. The zero-order valence-electron chi connectivity index (χ0n) is 11.0. The first-order valence-corrected chi connectivity index (χ1v) is 6.06. The molecule has 0 amide bonds. The van der Waals surface area contributed by atoms with Crippen molar-refractivity contribution in [2.75, 3.05) is 0 Å². The van der Waals surface area contributed by atoms with Gasteiger partial charge in [0.15, 0.2) is 0 Å². The number of nitrogens with zero attached hydrogens (tertiary/aromatic N) is 1. The van der Waals surface area contributed by atoms with Crippen molar-refractivity contribution in [3.05, 3.63) is 74.8 Å². The maximum absolute atomic E-state index is 10.9. The zero-order chi connectivity index (χ0) is 13.8. The van der Waals surface area contributed by atoms with Crippen molar-refractivity contribution >= 4 is 17.8 Å². The van der Waals surface area contributed by atoms with Crippen LogP contribution in [0.15, 0.2) is 42.5 Å². The highest BCUT2D eigenvalue weighted by atomic mass is 16.6. The largest absolute Gasteiger partial charge is 0.276 e. The van der Waals surface area contributed by atoms with Gasteiger partial charge in [-0.3, -0.25) is 10.1 Å². The molecule has 0 bridgehead atoms. The average molecular weight is 253 g/mol. The van der Waals surface area contributed by atoms with E-state index in [4.69, 9.17) is 0 Å². The molecule has 0 heterocycles. The number of aryl methyl sites for hydroxylation is 2. The van der Waals surface area contributed by atoms with Crippen molar-refractivity contribution in [3.63, 3.8) is 0 Å². The molecular formula is C16H15NO2. The SMILES string of the molecule is Cc1ccc(/C=C/c2ccccc2[N+](=O)[O-])cc1C. The molecule has 0 aliphatic rings. The summed E-state index contributed by atoms with van der Waals surface area (Å²) in [5.41, 5.74) is 4.24. The number of rotatable bonds is 3. The Balaban J connectivity index is 2.32. The fourth-order valence-electron chi connectivity index (χ4n) is 1.85.